The Bertz CT molecular complexity index is 1410. The lowest BCUT2D eigenvalue weighted by Gasteiger charge is -2.32. The minimum absolute atomic E-state index is 0.269. The first-order valence-corrected chi connectivity index (χ1v) is 11.2. The number of fused-ring (bicyclic) bond motifs is 1. The molecule has 1 saturated carbocycles. The summed E-state index contributed by atoms with van der Waals surface area (Å²) in [6.45, 7) is 1.93. The van der Waals surface area contributed by atoms with Gasteiger partial charge in [0.2, 0.25) is 0 Å². The van der Waals surface area contributed by atoms with Crippen molar-refractivity contribution in [3.05, 3.63) is 57.6 Å². The van der Waals surface area contributed by atoms with Crippen molar-refractivity contribution in [2.24, 2.45) is 0 Å². The van der Waals surface area contributed by atoms with E-state index in [0.29, 0.717) is 34.5 Å². The van der Waals surface area contributed by atoms with Crippen LogP contribution in [0.25, 0.3) is 10.8 Å². The molecule has 1 aliphatic rings. The SMILES string of the molecule is CNc1cc(Nc2cccn(-c3ncc(C)s3)c2=O)nc2c(C(=O)N[C@@H]3CC[C@@H]3O)cnn12. The zero-order valence-electron chi connectivity index (χ0n) is 17.9. The van der Waals surface area contributed by atoms with Crippen LogP contribution >= 0.6 is 11.3 Å². The first kappa shape index (κ1) is 21.1. The molecule has 0 spiro atoms. The van der Waals surface area contributed by atoms with Crippen LogP contribution in [0.15, 0.2) is 41.6 Å². The summed E-state index contributed by atoms with van der Waals surface area (Å²) in [4.78, 5) is 35.6. The van der Waals surface area contributed by atoms with E-state index in [1.54, 1.807) is 37.6 Å². The number of rotatable bonds is 6. The molecule has 4 heterocycles. The number of hydrogen-bond acceptors (Lipinski definition) is 9. The van der Waals surface area contributed by atoms with E-state index in [9.17, 15) is 14.7 Å². The van der Waals surface area contributed by atoms with Crippen LogP contribution < -0.4 is 21.5 Å². The number of carbonyl (C=O) groups excluding carboxylic acids is 1. The molecule has 4 aromatic heterocycles. The van der Waals surface area contributed by atoms with Gasteiger partial charge in [-0.3, -0.25) is 14.2 Å². The molecule has 0 radical (unpaired) electrons. The van der Waals surface area contributed by atoms with E-state index >= 15 is 0 Å². The molecule has 170 valence electrons. The second-order valence-electron chi connectivity index (χ2n) is 7.77. The number of hydrogen-bond donors (Lipinski definition) is 4. The molecule has 4 aromatic rings. The van der Waals surface area contributed by atoms with Crippen molar-refractivity contribution in [2.45, 2.75) is 31.9 Å². The number of thiazole rings is 1. The van der Waals surface area contributed by atoms with Gasteiger partial charge in [0.25, 0.3) is 11.5 Å². The predicted octanol–water partition coefficient (Wildman–Crippen LogP) is 1.68. The van der Waals surface area contributed by atoms with Crippen molar-refractivity contribution >= 4 is 40.2 Å². The Morgan fingerprint density at radius 3 is 2.82 bits per heavy atom. The third-order valence-corrected chi connectivity index (χ3v) is 6.46. The summed E-state index contributed by atoms with van der Waals surface area (Å²) in [5, 5.41) is 23.5. The van der Waals surface area contributed by atoms with E-state index in [1.807, 2.05) is 6.92 Å². The number of aliphatic hydroxyl groups is 1. The highest BCUT2D eigenvalue weighted by atomic mass is 32.1. The summed E-state index contributed by atoms with van der Waals surface area (Å²) in [6.07, 6.45) is 5.69. The lowest BCUT2D eigenvalue weighted by atomic mass is 9.89. The summed E-state index contributed by atoms with van der Waals surface area (Å²) in [7, 11) is 1.73. The van der Waals surface area contributed by atoms with Crippen LogP contribution in [0.3, 0.4) is 0 Å². The average Bonchev–Trinajstić information content (AvgIpc) is 3.43. The number of nitrogens with one attached hydrogen (secondary N) is 3. The van der Waals surface area contributed by atoms with Gasteiger partial charge in [0.05, 0.1) is 18.3 Å². The van der Waals surface area contributed by atoms with E-state index in [4.69, 9.17) is 0 Å². The molecule has 5 rings (SSSR count). The molecule has 12 heteroatoms. The van der Waals surface area contributed by atoms with Crippen molar-refractivity contribution in [1.29, 1.82) is 0 Å². The van der Waals surface area contributed by atoms with E-state index < -0.39 is 6.10 Å². The number of pyridine rings is 1. The van der Waals surface area contributed by atoms with Gasteiger partial charge in [0, 0.05) is 30.4 Å². The summed E-state index contributed by atoms with van der Waals surface area (Å²) < 4.78 is 2.98. The standard InChI is InChI=1S/C21H22N8O3S/c1-11-9-23-21(33-11)28-7-3-4-14(20(28)32)25-16-8-17(22-2)29-18(27-16)12(10-24-29)19(31)26-13-5-6-15(13)30/h3-4,7-10,13,15,22,30H,5-6H2,1-2H3,(H,25,27)(H,26,31)/t13-,15+/m1/s1. The molecule has 4 N–H and O–H groups in total. The quantitative estimate of drug-likeness (QED) is 0.337. The fraction of sp³-hybridized carbons (Fsp3) is 0.286. The number of aromatic nitrogens is 5. The van der Waals surface area contributed by atoms with Crippen molar-refractivity contribution in [3.8, 4) is 5.13 Å². The third kappa shape index (κ3) is 3.83. The van der Waals surface area contributed by atoms with Gasteiger partial charge in [-0.2, -0.15) is 9.61 Å². The Morgan fingerprint density at radius 2 is 2.15 bits per heavy atom. The minimum Gasteiger partial charge on any atom is -0.391 e. The molecule has 0 unspecified atom stereocenters. The highest BCUT2D eigenvalue weighted by molar-refractivity contribution is 7.13. The minimum atomic E-state index is -0.532. The van der Waals surface area contributed by atoms with Gasteiger partial charge in [-0.15, -0.1) is 11.3 Å². The highest BCUT2D eigenvalue weighted by Crippen LogP contribution is 2.23. The fourth-order valence-electron chi connectivity index (χ4n) is 3.59. The first-order valence-electron chi connectivity index (χ1n) is 10.4. The van der Waals surface area contributed by atoms with Gasteiger partial charge < -0.3 is 21.1 Å². The van der Waals surface area contributed by atoms with E-state index in [1.165, 1.54) is 26.6 Å². The third-order valence-electron chi connectivity index (χ3n) is 5.55. The molecule has 0 saturated heterocycles. The first-order chi connectivity index (χ1) is 15.9. The van der Waals surface area contributed by atoms with Crippen LogP contribution in [-0.4, -0.2) is 54.4 Å². The summed E-state index contributed by atoms with van der Waals surface area (Å²) in [5.41, 5.74) is 0.637. The number of amides is 1. The second-order valence-corrected chi connectivity index (χ2v) is 8.98. The number of aryl methyl sites for hydroxylation is 1. The van der Waals surface area contributed by atoms with Crippen molar-refractivity contribution in [2.75, 3.05) is 17.7 Å². The summed E-state index contributed by atoms with van der Waals surface area (Å²) >= 11 is 1.42. The van der Waals surface area contributed by atoms with Crippen molar-refractivity contribution in [1.82, 2.24) is 29.5 Å². The Labute approximate surface area is 192 Å². The normalized spacial score (nSPS) is 17.5. The number of carbonyl (C=O) groups is 1. The van der Waals surface area contributed by atoms with Crippen LogP contribution in [0.5, 0.6) is 0 Å². The predicted molar refractivity (Wildman–Crippen MR) is 125 cm³/mol. The van der Waals surface area contributed by atoms with Crippen molar-refractivity contribution in [3.63, 3.8) is 0 Å². The van der Waals surface area contributed by atoms with Gasteiger partial charge in [0.1, 0.15) is 22.9 Å². The second kappa shape index (κ2) is 8.30. The van der Waals surface area contributed by atoms with Gasteiger partial charge >= 0.3 is 0 Å². The number of aliphatic hydroxyl groups excluding tert-OH is 1. The molecule has 11 nitrogen and oxygen atoms in total. The Kier molecular flexibility index (Phi) is 5.30. The van der Waals surface area contributed by atoms with Crippen LogP contribution in [0.2, 0.25) is 0 Å². The molecule has 0 bridgehead atoms. The molecule has 1 fully saturated rings. The van der Waals surface area contributed by atoms with E-state index in [-0.39, 0.29) is 23.1 Å². The number of anilines is 3. The zero-order valence-corrected chi connectivity index (χ0v) is 18.8. The maximum Gasteiger partial charge on any atom is 0.280 e. The molecular weight excluding hydrogens is 444 g/mol. The van der Waals surface area contributed by atoms with Crippen molar-refractivity contribution < 1.29 is 9.90 Å². The highest BCUT2D eigenvalue weighted by Gasteiger charge is 2.31. The fourth-order valence-corrected chi connectivity index (χ4v) is 4.33. The summed E-state index contributed by atoms with van der Waals surface area (Å²) in [5.74, 6) is 0.592. The molecular formula is C21H22N8O3S. The largest absolute Gasteiger partial charge is 0.391 e. The maximum absolute atomic E-state index is 13.0. The molecule has 0 aliphatic heterocycles. The summed E-state index contributed by atoms with van der Waals surface area (Å²) in [6, 6.07) is 4.84. The van der Waals surface area contributed by atoms with E-state index in [2.05, 4.69) is 31.0 Å². The van der Waals surface area contributed by atoms with Gasteiger partial charge in [-0.25, -0.2) is 9.97 Å². The number of nitrogens with zero attached hydrogens (tertiary/aromatic N) is 5. The maximum atomic E-state index is 13.0. The molecule has 33 heavy (non-hydrogen) atoms. The average molecular weight is 467 g/mol. The van der Waals surface area contributed by atoms with Gasteiger partial charge in [-0.05, 0) is 31.9 Å². The Hall–Kier alpha value is -3.77. The van der Waals surface area contributed by atoms with E-state index in [0.717, 1.165) is 11.3 Å². The molecule has 0 aromatic carbocycles. The smallest absolute Gasteiger partial charge is 0.280 e. The van der Waals surface area contributed by atoms with Gasteiger partial charge in [0.15, 0.2) is 10.8 Å². The molecule has 1 aliphatic carbocycles. The van der Waals surface area contributed by atoms with Gasteiger partial charge in [-0.1, -0.05) is 0 Å². The monoisotopic (exact) mass is 466 g/mol. The molecule has 2 atom stereocenters. The zero-order chi connectivity index (χ0) is 23.1. The lowest BCUT2D eigenvalue weighted by molar-refractivity contribution is 0.0448. The van der Waals surface area contributed by atoms with Crippen LogP contribution in [0.1, 0.15) is 28.1 Å². The van der Waals surface area contributed by atoms with Crippen LogP contribution in [-0.2, 0) is 0 Å². The topological polar surface area (TPSA) is 138 Å². The Balaban J connectivity index is 1.50. The lowest BCUT2D eigenvalue weighted by Crippen LogP contribution is -2.50. The molecule has 1 amide bonds. The van der Waals surface area contributed by atoms with Crippen LogP contribution in [0, 0.1) is 6.92 Å². The Morgan fingerprint density at radius 1 is 1.30 bits per heavy atom. The van der Waals surface area contributed by atoms with Crippen LogP contribution in [0.4, 0.5) is 17.3 Å².